The number of hydrogen-bond donors (Lipinski definition) is 0. The highest BCUT2D eigenvalue weighted by Gasteiger charge is 2.43. The predicted molar refractivity (Wildman–Crippen MR) is 118 cm³/mol. The minimum atomic E-state index is -3.69. The first-order valence-electron chi connectivity index (χ1n) is 10.4. The summed E-state index contributed by atoms with van der Waals surface area (Å²) in [6.45, 7) is 7.56. The Morgan fingerprint density at radius 2 is 1.70 bits per heavy atom. The van der Waals surface area contributed by atoms with Crippen molar-refractivity contribution in [3.05, 3.63) is 65.7 Å². The molecule has 0 amide bonds. The van der Waals surface area contributed by atoms with Crippen LogP contribution in [0.25, 0.3) is 0 Å². The number of hydrogen-bond acceptors (Lipinski definition) is 4. The van der Waals surface area contributed by atoms with Crippen LogP contribution in [0.3, 0.4) is 0 Å². The molecule has 3 rings (SSSR count). The molecule has 1 saturated heterocycles. The van der Waals surface area contributed by atoms with E-state index in [1.54, 1.807) is 24.3 Å². The SMILES string of the molecule is Cc1ccc(S(=O)(=O)N2C[C@@H](C(=O)OC(C)(C)C)C[C@H]2CCc2ccccc2)cc1. The number of benzene rings is 2. The van der Waals surface area contributed by atoms with Gasteiger partial charge in [-0.15, -0.1) is 0 Å². The molecule has 0 saturated carbocycles. The zero-order valence-electron chi connectivity index (χ0n) is 18.2. The van der Waals surface area contributed by atoms with Crippen molar-refractivity contribution in [1.82, 2.24) is 4.31 Å². The molecule has 1 aliphatic heterocycles. The third-order valence-electron chi connectivity index (χ3n) is 5.34. The van der Waals surface area contributed by atoms with E-state index in [9.17, 15) is 13.2 Å². The standard InChI is InChI=1S/C24H31NO4S/c1-18-10-14-22(15-11-18)30(27,28)25-17-20(23(26)29-24(2,3)4)16-21(25)13-12-19-8-6-5-7-9-19/h5-11,14-15,20-21H,12-13,16-17H2,1-4H3/t20-,21+/m0/s1. The molecule has 30 heavy (non-hydrogen) atoms. The molecule has 0 N–H and O–H groups in total. The van der Waals surface area contributed by atoms with Gasteiger partial charge in [0.1, 0.15) is 5.60 Å². The number of sulfonamides is 1. The second-order valence-electron chi connectivity index (χ2n) is 9.03. The average Bonchev–Trinajstić information content (AvgIpc) is 3.12. The highest BCUT2D eigenvalue weighted by molar-refractivity contribution is 7.89. The molecule has 1 heterocycles. The van der Waals surface area contributed by atoms with Gasteiger partial charge in [0.05, 0.1) is 10.8 Å². The van der Waals surface area contributed by atoms with Crippen LogP contribution < -0.4 is 0 Å². The van der Waals surface area contributed by atoms with Crippen LogP contribution in [-0.4, -0.2) is 36.9 Å². The molecular weight excluding hydrogens is 398 g/mol. The summed E-state index contributed by atoms with van der Waals surface area (Å²) in [7, 11) is -3.69. The van der Waals surface area contributed by atoms with Crippen molar-refractivity contribution < 1.29 is 17.9 Å². The van der Waals surface area contributed by atoms with E-state index in [2.05, 4.69) is 0 Å². The molecule has 0 radical (unpaired) electrons. The predicted octanol–water partition coefficient (Wildman–Crippen LogP) is 4.35. The van der Waals surface area contributed by atoms with Crippen molar-refractivity contribution in [2.24, 2.45) is 5.92 Å². The summed E-state index contributed by atoms with van der Waals surface area (Å²) in [6.07, 6.45) is 1.90. The second kappa shape index (κ2) is 8.90. The Kier molecular flexibility index (Phi) is 6.68. The summed E-state index contributed by atoms with van der Waals surface area (Å²) >= 11 is 0. The Balaban J connectivity index is 1.84. The lowest BCUT2D eigenvalue weighted by Crippen LogP contribution is -2.36. The smallest absolute Gasteiger partial charge is 0.310 e. The lowest BCUT2D eigenvalue weighted by molar-refractivity contribution is -0.159. The van der Waals surface area contributed by atoms with E-state index >= 15 is 0 Å². The van der Waals surface area contributed by atoms with Crippen LogP contribution in [0, 0.1) is 12.8 Å². The van der Waals surface area contributed by atoms with Crippen molar-refractivity contribution in [2.45, 2.75) is 63.5 Å². The van der Waals surface area contributed by atoms with Gasteiger partial charge in [-0.2, -0.15) is 4.31 Å². The molecule has 5 nitrogen and oxygen atoms in total. The Bertz CT molecular complexity index is 963. The molecule has 2 atom stereocenters. The van der Waals surface area contributed by atoms with E-state index in [0.29, 0.717) is 12.8 Å². The van der Waals surface area contributed by atoms with E-state index in [0.717, 1.165) is 17.5 Å². The fourth-order valence-corrected chi connectivity index (χ4v) is 5.53. The van der Waals surface area contributed by atoms with Gasteiger partial charge in [-0.25, -0.2) is 8.42 Å². The van der Waals surface area contributed by atoms with Crippen molar-refractivity contribution in [3.63, 3.8) is 0 Å². The maximum Gasteiger partial charge on any atom is 0.310 e. The Labute approximate surface area is 180 Å². The summed E-state index contributed by atoms with van der Waals surface area (Å²) in [5.41, 5.74) is 1.56. The van der Waals surface area contributed by atoms with Crippen LogP contribution in [0.1, 0.15) is 44.7 Å². The quantitative estimate of drug-likeness (QED) is 0.641. The lowest BCUT2D eigenvalue weighted by Gasteiger charge is -2.24. The maximum atomic E-state index is 13.4. The molecule has 2 aromatic carbocycles. The molecule has 2 aromatic rings. The van der Waals surface area contributed by atoms with Gasteiger partial charge in [0.2, 0.25) is 10.0 Å². The first-order chi connectivity index (χ1) is 14.1. The normalized spacial score (nSPS) is 20.3. The van der Waals surface area contributed by atoms with Gasteiger partial charge in [0.15, 0.2) is 0 Å². The number of carbonyl (C=O) groups excluding carboxylic acids is 1. The molecule has 1 fully saturated rings. The first-order valence-corrected chi connectivity index (χ1v) is 11.9. The van der Waals surface area contributed by atoms with Crippen LogP contribution in [-0.2, 0) is 26.0 Å². The molecule has 0 spiro atoms. The van der Waals surface area contributed by atoms with Gasteiger partial charge in [-0.1, -0.05) is 48.0 Å². The van der Waals surface area contributed by atoms with Gasteiger partial charge in [0.25, 0.3) is 0 Å². The van der Waals surface area contributed by atoms with Crippen molar-refractivity contribution in [1.29, 1.82) is 0 Å². The Hall–Kier alpha value is -2.18. The monoisotopic (exact) mass is 429 g/mol. The summed E-state index contributed by atoms with van der Waals surface area (Å²) in [5.74, 6) is -0.779. The van der Waals surface area contributed by atoms with Gasteiger partial charge in [-0.3, -0.25) is 4.79 Å². The van der Waals surface area contributed by atoms with E-state index in [-0.39, 0.29) is 23.5 Å². The molecule has 0 aromatic heterocycles. The van der Waals surface area contributed by atoms with Crippen LogP contribution in [0.5, 0.6) is 0 Å². The number of esters is 1. The van der Waals surface area contributed by atoms with E-state index in [1.165, 1.54) is 4.31 Å². The van der Waals surface area contributed by atoms with Gasteiger partial charge in [-0.05, 0) is 64.7 Å². The van der Waals surface area contributed by atoms with Crippen molar-refractivity contribution in [3.8, 4) is 0 Å². The number of aryl methyl sites for hydroxylation is 2. The van der Waals surface area contributed by atoms with Crippen LogP contribution in [0.15, 0.2) is 59.5 Å². The van der Waals surface area contributed by atoms with Crippen LogP contribution >= 0.6 is 0 Å². The molecule has 6 heteroatoms. The minimum absolute atomic E-state index is 0.157. The zero-order chi connectivity index (χ0) is 21.9. The Morgan fingerprint density at radius 1 is 1.07 bits per heavy atom. The van der Waals surface area contributed by atoms with Crippen molar-refractivity contribution in [2.75, 3.05) is 6.54 Å². The number of rotatable bonds is 6. The second-order valence-corrected chi connectivity index (χ2v) is 10.9. The number of ether oxygens (including phenoxy) is 1. The van der Waals surface area contributed by atoms with E-state index < -0.39 is 21.5 Å². The number of nitrogens with zero attached hydrogens (tertiary/aromatic N) is 1. The molecule has 162 valence electrons. The summed E-state index contributed by atoms with van der Waals surface area (Å²) in [5, 5.41) is 0. The lowest BCUT2D eigenvalue weighted by atomic mass is 10.00. The first kappa shape index (κ1) is 22.5. The summed E-state index contributed by atoms with van der Waals surface area (Å²) in [4.78, 5) is 13.0. The average molecular weight is 430 g/mol. The largest absolute Gasteiger partial charge is 0.460 e. The topological polar surface area (TPSA) is 63.7 Å². The fraction of sp³-hybridized carbons (Fsp3) is 0.458. The van der Waals surface area contributed by atoms with E-state index in [1.807, 2.05) is 58.0 Å². The Morgan fingerprint density at radius 3 is 2.30 bits per heavy atom. The number of carbonyl (C=O) groups is 1. The molecular formula is C24H31NO4S. The van der Waals surface area contributed by atoms with Gasteiger partial charge >= 0.3 is 5.97 Å². The van der Waals surface area contributed by atoms with Gasteiger partial charge in [0, 0.05) is 12.6 Å². The van der Waals surface area contributed by atoms with E-state index in [4.69, 9.17) is 4.74 Å². The third-order valence-corrected chi connectivity index (χ3v) is 7.27. The minimum Gasteiger partial charge on any atom is -0.460 e. The van der Waals surface area contributed by atoms with Crippen LogP contribution in [0.2, 0.25) is 0 Å². The molecule has 0 bridgehead atoms. The summed E-state index contributed by atoms with van der Waals surface area (Å²) < 4.78 is 33.9. The molecule has 0 unspecified atom stereocenters. The van der Waals surface area contributed by atoms with Gasteiger partial charge < -0.3 is 4.74 Å². The van der Waals surface area contributed by atoms with Crippen LogP contribution in [0.4, 0.5) is 0 Å². The highest BCUT2D eigenvalue weighted by Crippen LogP contribution is 2.33. The highest BCUT2D eigenvalue weighted by atomic mass is 32.2. The summed E-state index contributed by atoms with van der Waals surface area (Å²) in [6, 6.07) is 16.6. The zero-order valence-corrected chi connectivity index (χ0v) is 19.0. The molecule has 0 aliphatic carbocycles. The third kappa shape index (κ3) is 5.49. The molecule has 1 aliphatic rings. The maximum absolute atomic E-state index is 13.4. The van der Waals surface area contributed by atoms with Crippen molar-refractivity contribution >= 4 is 16.0 Å². The fourth-order valence-electron chi connectivity index (χ4n) is 3.82.